The fraction of sp³-hybridized carbons (Fsp3) is 0.538. The number of benzene rings is 2. The summed E-state index contributed by atoms with van der Waals surface area (Å²) in [7, 11) is 0. The minimum Gasteiger partial charge on any atom is -0.369 e. The molecule has 2 fully saturated rings. The van der Waals surface area contributed by atoms with Gasteiger partial charge in [-0.15, -0.1) is 0 Å². The van der Waals surface area contributed by atoms with Crippen molar-refractivity contribution in [3.63, 3.8) is 0 Å². The summed E-state index contributed by atoms with van der Waals surface area (Å²) in [5.74, 6) is 0. The van der Waals surface area contributed by atoms with E-state index in [-0.39, 0.29) is 0 Å². The number of hydrogen-bond donors (Lipinski definition) is 0. The second kappa shape index (κ2) is 10.3. The third kappa shape index (κ3) is 5.61. The Bertz CT molecular complexity index is 711. The van der Waals surface area contributed by atoms with Gasteiger partial charge in [0.1, 0.15) is 0 Å². The molecule has 3 nitrogen and oxygen atoms in total. The molecule has 3 heteroatoms. The highest BCUT2D eigenvalue weighted by molar-refractivity contribution is 5.48. The van der Waals surface area contributed by atoms with Crippen LogP contribution in [0.1, 0.15) is 37.3 Å². The van der Waals surface area contributed by atoms with Gasteiger partial charge < -0.3 is 9.80 Å². The average molecular weight is 392 g/mol. The highest BCUT2D eigenvalue weighted by atomic mass is 15.3. The van der Waals surface area contributed by atoms with Crippen LogP contribution < -0.4 is 4.90 Å². The van der Waals surface area contributed by atoms with Gasteiger partial charge in [-0.05, 0) is 62.0 Å². The lowest BCUT2D eigenvalue weighted by molar-refractivity contribution is 0.104. The first-order chi connectivity index (χ1) is 14.3. The highest BCUT2D eigenvalue weighted by Gasteiger charge is 2.27. The summed E-state index contributed by atoms with van der Waals surface area (Å²) in [4.78, 5) is 8.00. The van der Waals surface area contributed by atoms with Gasteiger partial charge >= 0.3 is 0 Å². The Morgan fingerprint density at radius 3 is 2.03 bits per heavy atom. The van der Waals surface area contributed by atoms with Crippen LogP contribution in [0.15, 0.2) is 54.6 Å². The lowest BCUT2D eigenvalue weighted by Gasteiger charge is -2.43. The Morgan fingerprint density at radius 2 is 1.38 bits per heavy atom. The summed E-state index contributed by atoms with van der Waals surface area (Å²) in [5.41, 5.74) is 4.34. The molecule has 2 aromatic rings. The maximum absolute atomic E-state index is 2.76. The number of piperazine rings is 1. The standard InChI is InChI=1S/C26H37N3/c1-2-6-23-9-11-25(12-10-23)28-19-21-29(22-20-28)26-14-17-27(18-15-26)16-13-24-7-4-3-5-8-24/h3-5,7-12,26H,2,6,13-22H2,1H3. The molecule has 2 aliphatic heterocycles. The molecule has 4 rings (SSSR count). The molecule has 156 valence electrons. The van der Waals surface area contributed by atoms with Crippen molar-refractivity contribution in [1.29, 1.82) is 0 Å². The average Bonchev–Trinajstić information content (AvgIpc) is 2.80. The van der Waals surface area contributed by atoms with Crippen LogP contribution in [0.4, 0.5) is 5.69 Å². The lowest BCUT2D eigenvalue weighted by Crippen LogP contribution is -2.53. The predicted molar refractivity (Wildman–Crippen MR) is 124 cm³/mol. The van der Waals surface area contributed by atoms with Gasteiger partial charge in [-0.2, -0.15) is 0 Å². The fourth-order valence-electron chi connectivity index (χ4n) is 4.95. The predicted octanol–water partition coefficient (Wildman–Crippen LogP) is 4.47. The van der Waals surface area contributed by atoms with Gasteiger partial charge in [-0.3, -0.25) is 4.90 Å². The van der Waals surface area contributed by atoms with Gasteiger partial charge in [0, 0.05) is 44.5 Å². The molecule has 0 atom stereocenters. The quantitative estimate of drug-likeness (QED) is 0.689. The Balaban J connectivity index is 1.19. The Labute approximate surface area is 177 Å². The smallest absolute Gasteiger partial charge is 0.0367 e. The van der Waals surface area contributed by atoms with E-state index in [1.807, 2.05) is 0 Å². The minimum absolute atomic E-state index is 0.789. The Kier molecular flexibility index (Phi) is 7.23. The number of nitrogens with zero attached hydrogens (tertiary/aromatic N) is 3. The summed E-state index contributed by atoms with van der Waals surface area (Å²) in [6.45, 7) is 10.7. The van der Waals surface area contributed by atoms with Crippen LogP contribution in [0.3, 0.4) is 0 Å². The normalized spacial score (nSPS) is 19.6. The molecule has 29 heavy (non-hydrogen) atoms. The van der Waals surface area contributed by atoms with Crippen molar-refractivity contribution in [2.45, 2.75) is 45.1 Å². The topological polar surface area (TPSA) is 9.72 Å². The van der Waals surface area contributed by atoms with E-state index >= 15 is 0 Å². The van der Waals surface area contributed by atoms with Crippen LogP contribution in [0.5, 0.6) is 0 Å². The first-order valence-corrected chi connectivity index (χ1v) is 11.7. The van der Waals surface area contributed by atoms with Gasteiger partial charge in [0.25, 0.3) is 0 Å². The number of hydrogen-bond acceptors (Lipinski definition) is 3. The number of rotatable bonds is 7. The highest BCUT2D eigenvalue weighted by Crippen LogP contribution is 2.22. The molecule has 2 saturated heterocycles. The van der Waals surface area contributed by atoms with E-state index in [0.29, 0.717) is 0 Å². The van der Waals surface area contributed by atoms with E-state index in [2.05, 4.69) is 76.2 Å². The van der Waals surface area contributed by atoms with Crippen LogP contribution in [0.25, 0.3) is 0 Å². The monoisotopic (exact) mass is 391 g/mol. The van der Waals surface area contributed by atoms with E-state index in [0.717, 1.165) is 6.04 Å². The van der Waals surface area contributed by atoms with E-state index in [4.69, 9.17) is 0 Å². The summed E-state index contributed by atoms with van der Waals surface area (Å²) in [6, 6.07) is 21.0. The Hall–Kier alpha value is -1.84. The Morgan fingerprint density at radius 1 is 0.724 bits per heavy atom. The number of piperidine rings is 1. The zero-order chi connectivity index (χ0) is 19.9. The number of anilines is 1. The maximum atomic E-state index is 2.76. The van der Waals surface area contributed by atoms with Crippen molar-refractivity contribution in [1.82, 2.24) is 9.80 Å². The van der Waals surface area contributed by atoms with Gasteiger partial charge in [0.05, 0.1) is 0 Å². The van der Waals surface area contributed by atoms with Crippen molar-refractivity contribution in [2.75, 3.05) is 50.7 Å². The second-order valence-corrected chi connectivity index (χ2v) is 8.75. The van der Waals surface area contributed by atoms with Crippen molar-refractivity contribution < 1.29 is 0 Å². The summed E-state index contributed by atoms with van der Waals surface area (Å²) in [5, 5.41) is 0. The minimum atomic E-state index is 0.789. The van der Waals surface area contributed by atoms with Crippen molar-refractivity contribution in [3.05, 3.63) is 65.7 Å². The first kappa shape index (κ1) is 20.4. The molecule has 0 radical (unpaired) electrons. The van der Waals surface area contributed by atoms with E-state index in [1.165, 1.54) is 94.7 Å². The third-order valence-electron chi connectivity index (χ3n) is 6.79. The van der Waals surface area contributed by atoms with Crippen LogP contribution in [-0.2, 0) is 12.8 Å². The van der Waals surface area contributed by atoms with Gasteiger partial charge in [0.2, 0.25) is 0 Å². The molecule has 0 aromatic heterocycles. The van der Waals surface area contributed by atoms with Gasteiger partial charge in [0.15, 0.2) is 0 Å². The van der Waals surface area contributed by atoms with Crippen molar-refractivity contribution >= 4 is 5.69 Å². The molecule has 2 aromatic carbocycles. The summed E-state index contributed by atoms with van der Waals surface area (Å²) >= 11 is 0. The molecule has 0 aliphatic carbocycles. The third-order valence-corrected chi connectivity index (χ3v) is 6.79. The summed E-state index contributed by atoms with van der Waals surface area (Å²) in [6.07, 6.45) is 6.27. The number of likely N-dealkylation sites (tertiary alicyclic amines) is 1. The van der Waals surface area contributed by atoms with Gasteiger partial charge in [-0.25, -0.2) is 0 Å². The molecular weight excluding hydrogens is 354 g/mol. The van der Waals surface area contributed by atoms with Crippen LogP contribution in [0, 0.1) is 0 Å². The molecule has 2 aliphatic rings. The van der Waals surface area contributed by atoms with Crippen LogP contribution >= 0.6 is 0 Å². The van der Waals surface area contributed by atoms with E-state index in [9.17, 15) is 0 Å². The molecular formula is C26H37N3. The van der Waals surface area contributed by atoms with E-state index < -0.39 is 0 Å². The molecule has 0 N–H and O–H groups in total. The van der Waals surface area contributed by atoms with Crippen LogP contribution in [-0.4, -0.2) is 61.7 Å². The maximum Gasteiger partial charge on any atom is 0.0367 e. The number of aryl methyl sites for hydroxylation is 1. The lowest BCUT2D eigenvalue weighted by atomic mass is 10.0. The molecule has 0 bridgehead atoms. The molecule has 0 amide bonds. The molecule has 0 unspecified atom stereocenters. The largest absolute Gasteiger partial charge is 0.369 e. The van der Waals surface area contributed by atoms with Gasteiger partial charge in [-0.1, -0.05) is 55.8 Å². The molecule has 0 spiro atoms. The zero-order valence-electron chi connectivity index (χ0n) is 18.1. The second-order valence-electron chi connectivity index (χ2n) is 8.75. The summed E-state index contributed by atoms with van der Waals surface area (Å²) < 4.78 is 0. The SMILES string of the molecule is CCCc1ccc(N2CCN(C3CCN(CCc4ccccc4)CC3)CC2)cc1. The van der Waals surface area contributed by atoms with Crippen molar-refractivity contribution in [3.8, 4) is 0 Å². The van der Waals surface area contributed by atoms with Crippen LogP contribution in [0.2, 0.25) is 0 Å². The first-order valence-electron chi connectivity index (χ1n) is 11.7. The zero-order valence-corrected chi connectivity index (χ0v) is 18.1. The fourth-order valence-corrected chi connectivity index (χ4v) is 4.95. The van der Waals surface area contributed by atoms with E-state index in [1.54, 1.807) is 0 Å². The molecule has 0 saturated carbocycles. The molecule has 2 heterocycles. The van der Waals surface area contributed by atoms with Crippen molar-refractivity contribution in [2.24, 2.45) is 0 Å².